The van der Waals surface area contributed by atoms with Crippen LogP contribution in [0.4, 0.5) is 0 Å². The third-order valence-electron chi connectivity index (χ3n) is 2.76. The van der Waals surface area contributed by atoms with E-state index in [0.29, 0.717) is 23.5 Å². The Bertz CT molecular complexity index is 539. The van der Waals surface area contributed by atoms with Gasteiger partial charge in [-0.05, 0) is 51.0 Å². The van der Waals surface area contributed by atoms with E-state index in [1.165, 1.54) is 6.08 Å². The van der Waals surface area contributed by atoms with E-state index >= 15 is 0 Å². The van der Waals surface area contributed by atoms with Crippen LogP contribution in [0, 0.1) is 0 Å². The van der Waals surface area contributed by atoms with Crippen LogP contribution in [0.15, 0.2) is 24.3 Å². The lowest BCUT2D eigenvalue weighted by Gasteiger charge is -2.17. The lowest BCUT2D eigenvalue weighted by Crippen LogP contribution is -2.22. The molecule has 1 rings (SSSR count). The number of carbonyl (C=O) groups excluding carboxylic acids is 2. The molecule has 22 heavy (non-hydrogen) atoms. The highest BCUT2D eigenvalue weighted by atomic mass is 16.6. The summed E-state index contributed by atoms with van der Waals surface area (Å²) < 4.78 is 10.7. The molecule has 0 radical (unpaired) electrons. The highest BCUT2D eigenvalue weighted by molar-refractivity contribution is 5.90. The van der Waals surface area contributed by atoms with Gasteiger partial charge < -0.3 is 9.47 Å². The van der Waals surface area contributed by atoms with Gasteiger partial charge in [-0.1, -0.05) is 19.4 Å². The molecule has 0 fully saturated rings. The quantitative estimate of drug-likeness (QED) is 0.330. The molecule has 0 saturated heterocycles. The van der Waals surface area contributed by atoms with E-state index in [-0.39, 0.29) is 0 Å². The van der Waals surface area contributed by atoms with Crippen molar-refractivity contribution in [2.45, 2.75) is 46.1 Å². The van der Waals surface area contributed by atoms with Crippen molar-refractivity contribution in [1.82, 2.24) is 0 Å². The summed E-state index contributed by atoms with van der Waals surface area (Å²) >= 11 is 0. The SMILES string of the molecule is CCCCOc1ccc(/C=C/C(=O)OC(C)(C)C)c(C=O)c1. The normalized spacial score (nSPS) is 11.5. The van der Waals surface area contributed by atoms with E-state index in [2.05, 4.69) is 6.92 Å². The van der Waals surface area contributed by atoms with Crippen LogP contribution in [-0.2, 0) is 9.53 Å². The Labute approximate surface area is 132 Å². The van der Waals surface area contributed by atoms with Gasteiger partial charge in [-0.25, -0.2) is 4.79 Å². The van der Waals surface area contributed by atoms with Crippen molar-refractivity contribution in [1.29, 1.82) is 0 Å². The van der Waals surface area contributed by atoms with E-state index in [4.69, 9.17) is 9.47 Å². The summed E-state index contributed by atoms with van der Waals surface area (Å²) in [4.78, 5) is 22.8. The standard InChI is InChI=1S/C18H24O4/c1-5-6-11-21-16-9-7-14(15(12-16)13-19)8-10-17(20)22-18(2,3)4/h7-10,12-13H,5-6,11H2,1-4H3/b10-8+. The minimum atomic E-state index is -0.536. The Kier molecular flexibility index (Phi) is 6.83. The number of aldehydes is 1. The molecule has 0 aromatic heterocycles. The summed E-state index contributed by atoms with van der Waals surface area (Å²) in [6, 6.07) is 5.22. The maximum absolute atomic E-state index is 11.7. The molecule has 0 saturated carbocycles. The van der Waals surface area contributed by atoms with Crippen LogP contribution in [0.1, 0.15) is 56.5 Å². The van der Waals surface area contributed by atoms with Gasteiger partial charge in [0.15, 0.2) is 6.29 Å². The molecule has 1 aromatic carbocycles. The molecule has 0 atom stereocenters. The van der Waals surface area contributed by atoms with Gasteiger partial charge in [0, 0.05) is 11.6 Å². The second kappa shape index (κ2) is 8.37. The number of rotatable bonds is 7. The summed E-state index contributed by atoms with van der Waals surface area (Å²) in [5, 5.41) is 0. The number of hydrogen-bond acceptors (Lipinski definition) is 4. The van der Waals surface area contributed by atoms with Gasteiger partial charge in [-0.3, -0.25) is 4.79 Å². The van der Waals surface area contributed by atoms with Crippen LogP contribution in [0.5, 0.6) is 5.75 Å². The van der Waals surface area contributed by atoms with E-state index < -0.39 is 11.6 Å². The number of unbranched alkanes of at least 4 members (excludes halogenated alkanes) is 1. The Hall–Kier alpha value is -2.10. The van der Waals surface area contributed by atoms with Crippen LogP contribution in [0.2, 0.25) is 0 Å². The fraction of sp³-hybridized carbons (Fsp3) is 0.444. The van der Waals surface area contributed by atoms with Gasteiger partial charge in [0.2, 0.25) is 0 Å². The second-order valence-electron chi connectivity index (χ2n) is 5.98. The van der Waals surface area contributed by atoms with Crippen molar-refractivity contribution in [3.05, 3.63) is 35.4 Å². The maximum atomic E-state index is 11.7. The first-order valence-electron chi connectivity index (χ1n) is 7.49. The van der Waals surface area contributed by atoms with Crippen LogP contribution in [0.25, 0.3) is 6.08 Å². The minimum absolute atomic E-state index is 0.437. The van der Waals surface area contributed by atoms with Crippen LogP contribution >= 0.6 is 0 Å². The molecule has 0 unspecified atom stereocenters. The summed E-state index contributed by atoms with van der Waals surface area (Å²) in [6.07, 6.45) is 5.67. The van der Waals surface area contributed by atoms with Gasteiger partial charge in [0.25, 0.3) is 0 Å². The third kappa shape index (κ3) is 6.57. The number of hydrogen-bond donors (Lipinski definition) is 0. The first kappa shape index (κ1) is 18.0. The molecule has 1 aromatic rings. The van der Waals surface area contributed by atoms with Gasteiger partial charge >= 0.3 is 5.97 Å². The van der Waals surface area contributed by atoms with Crippen LogP contribution in [0.3, 0.4) is 0 Å². The number of carbonyl (C=O) groups is 2. The lowest BCUT2D eigenvalue weighted by molar-refractivity contribution is -0.148. The zero-order valence-corrected chi connectivity index (χ0v) is 13.7. The topological polar surface area (TPSA) is 52.6 Å². The molecule has 0 aliphatic heterocycles. The van der Waals surface area contributed by atoms with E-state index in [0.717, 1.165) is 19.1 Å². The average molecular weight is 304 g/mol. The molecule has 0 bridgehead atoms. The molecule has 120 valence electrons. The zero-order valence-electron chi connectivity index (χ0n) is 13.7. The molecule has 0 heterocycles. The minimum Gasteiger partial charge on any atom is -0.494 e. The van der Waals surface area contributed by atoms with Crippen molar-refractivity contribution in [3.8, 4) is 5.75 Å². The van der Waals surface area contributed by atoms with Gasteiger partial charge in [0.1, 0.15) is 11.4 Å². The summed E-state index contributed by atoms with van der Waals surface area (Å²) in [5.41, 5.74) is 0.601. The number of ether oxygens (including phenoxy) is 2. The van der Waals surface area contributed by atoms with E-state index in [1.54, 1.807) is 45.0 Å². The number of esters is 1. The highest BCUT2D eigenvalue weighted by Gasteiger charge is 2.14. The van der Waals surface area contributed by atoms with Crippen molar-refractivity contribution in [2.75, 3.05) is 6.61 Å². The molecule has 0 aliphatic carbocycles. The van der Waals surface area contributed by atoms with Crippen LogP contribution < -0.4 is 4.74 Å². The lowest BCUT2D eigenvalue weighted by atomic mass is 10.1. The maximum Gasteiger partial charge on any atom is 0.331 e. The predicted octanol–water partition coefficient (Wildman–Crippen LogP) is 4.03. The first-order valence-corrected chi connectivity index (χ1v) is 7.49. The third-order valence-corrected chi connectivity index (χ3v) is 2.76. The Morgan fingerprint density at radius 3 is 2.55 bits per heavy atom. The van der Waals surface area contributed by atoms with Gasteiger partial charge in [0.05, 0.1) is 6.61 Å². The van der Waals surface area contributed by atoms with E-state index in [9.17, 15) is 9.59 Å². The molecule has 4 nitrogen and oxygen atoms in total. The monoisotopic (exact) mass is 304 g/mol. The summed E-state index contributed by atoms with van der Waals surface area (Å²) in [5.74, 6) is 0.220. The Morgan fingerprint density at radius 2 is 1.95 bits per heavy atom. The van der Waals surface area contributed by atoms with Crippen molar-refractivity contribution in [3.63, 3.8) is 0 Å². The zero-order chi connectivity index (χ0) is 16.6. The summed E-state index contributed by atoms with van der Waals surface area (Å²) in [6.45, 7) is 8.13. The van der Waals surface area contributed by atoms with E-state index in [1.807, 2.05) is 0 Å². The largest absolute Gasteiger partial charge is 0.494 e. The second-order valence-corrected chi connectivity index (χ2v) is 5.98. The van der Waals surface area contributed by atoms with Crippen molar-refractivity contribution in [2.24, 2.45) is 0 Å². The van der Waals surface area contributed by atoms with Crippen molar-refractivity contribution >= 4 is 18.3 Å². The smallest absolute Gasteiger partial charge is 0.331 e. The molecular weight excluding hydrogens is 280 g/mol. The fourth-order valence-electron chi connectivity index (χ4n) is 1.72. The molecule has 0 spiro atoms. The molecule has 0 aliphatic rings. The molecular formula is C18H24O4. The van der Waals surface area contributed by atoms with Crippen molar-refractivity contribution < 1.29 is 19.1 Å². The molecule has 4 heteroatoms. The predicted molar refractivity (Wildman–Crippen MR) is 87.1 cm³/mol. The van der Waals surface area contributed by atoms with Crippen LogP contribution in [-0.4, -0.2) is 24.5 Å². The molecule has 0 N–H and O–H groups in total. The van der Waals surface area contributed by atoms with Gasteiger partial charge in [-0.2, -0.15) is 0 Å². The first-order chi connectivity index (χ1) is 10.4. The van der Waals surface area contributed by atoms with Gasteiger partial charge in [-0.15, -0.1) is 0 Å². The average Bonchev–Trinajstić information content (AvgIpc) is 2.44. The highest BCUT2D eigenvalue weighted by Crippen LogP contribution is 2.18. The fourth-order valence-corrected chi connectivity index (χ4v) is 1.72. The molecule has 0 amide bonds. The Balaban J connectivity index is 2.78. The Morgan fingerprint density at radius 1 is 1.23 bits per heavy atom. The number of benzene rings is 1. The summed E-state index contributed by atoms with van der Waals surface area (Å²) in [7, 11) is 0.